The zero-order valence-electron chi connectivity index (χ0n) is 13.4. The molecule has 0 bridgehead atoms. The van der Waals surface area contributed by atoms with Gasteiger partial charge >= 0.3 is 6.03 Å². The topological polar surface area (TPSA) is 84.7 Å². The quantitative estimate of drug-likeness (QED) is 0.746. The standard InChI is InChI=1S/C16H18N6OS/c1-3-16(2,14-17-8-10-24-14)21-15(23)20-12-5-6-13(18-11-12)22-9-4-7-19-22/h4-11H,3H2,1-2H3,(H2,20,21,23)/t16-/m0/s1. The van der Waals surface area contributed by atoms with Crippen LogP contribution >= 0.6 is 11.3 Å². The molecule has 3 aromatic heterocycles. The Labute approximate surface area is 143 Å². The van der Waals surface area contributed by atoms with Gasteiger partial charge in [0.05, 0.1) is 17.4 Å². The van der Waals surface area contributed by atoms with Crippen LogP contribution in [0.5, 0.6) is 0 Å². The minimum absolute atomic E-state index is 0.289. The number of hydrogen-bond donors (Lipinski definition) is 2. The SMILES string of the molecule is CC[C@](C)(NC(=O)Nc1ccc(-n2cccn2)nc1)c1nccs1. The summed E-state index contributed by atoms with van der Waals surface area (Å²) in [5.74, 6) is 0.687. The highest BCUT2D eigenvalue weighted by Crippen LogP contribution is 2.26. The Balaban J connectivity index is 1.66. The Kier molecular flexibility index (Phi) is 4.57. The van der Waals surface area contributed by atoms with Crippen LogP contribution in [-0.2, 0) is 5.54 Å². The van der Waals surface area contributed by atoms with Gasteiger partial charge in [0.1, 0.15) is 5.01 Å². The molecule has 0 unspecified atom stereocenters. The van der Waals surface area contributed by atoms with Crippen molar-refractivity contribution in [3.05, 3.63) is 53.4 Å². The highest BCUT2D eigenvalue weighted by molar-refractivity contribution is 7.09. The van der Waals surface area contributed by atoms with Crippen molar-refractivity contribution in [3.8, 4) is 5.82 Å². The van der Waals surface area contributed by atoms with Gasteiger partial charge < -0.3 is 10.6 Å². The molecule has 0 spiro atoms. The number of urea groups is 1. The van der Waals surface area contributed by atoms with Crippen LogP contribution in [0.25, 0.3) is 5.82 Å². The highest BCUT2D eigenvalue weighted by atomic mass is 32.1. The number of amides is 2. The lowest BCUT2D eigenvalue weighted by atomic mass is 10.0. The fourth-order valence-electron chi connectivity index (χ4n) is 2.20. The van der Waals surface area contributed by atoms with Crippen LogP contribution in [-0.4, -0.2) is 25.8 Å². The normalized spacial score (nSPS) is 13.2. The predicted molar refractivity (Wildman–Crippen MR) is 93.3 cm³/mol. The predicted octanol–water partition coefficient (Wildman–Crippen LogP) is 3.17. The average molecular weight is 342 g/mol. The number of thiazole rings is 1. The largest absolute Gasteiger partial charge is 0.326 e. The van der Waals surface area contributed by atoms with Crippen molar-refractivity contribution in [2.45, 2.75) is 25.8 Å². The van der Waals surface area contributed by atoms with Crippen LogP contribution in [0.1, 0.15) is 25.3 Å². The monoisotopic (exact) mass is 342 g/mol. The lowest BCUT2D eigenvalue weighted by Gasteiger charge is -2.27. The first-order valence-corrected chi connectivity index (χ1v) is 8.44. The summed E-state index contributed by atoms with van der Waals surface area (Å²) >= 11 is 1.53. The minimum atomic E-state index is -0.499. The summed E-state index contributed by atoms with van der Waals surface area (Å²) in [5.41, 5.74) is 0.113. The van der Waals surface area contributed by atoms with E-state index in [-0.39, 0.29) is 6.03 Å². The maximum Gasteiger partial charge on any atom is 0.320 e. The number of carbonyl (C=O) groups excluding carboxylic acids is 1. The molecule has 2 amide bonds. The van der Waals surface area contributed by atoms with Gasteiger partial charge in [-0.25, -0.2) is 19.4 Å². The van der Waals surface area contributed by atoms with Crippen LogP contribution in [0.2, 0.25) is 0 Å². The molecular weight excluding hydrogens is 324 g/mol. The van der Waals surface area contributed by atoms with E-state index in [1.54, 1.807) is 35.4 Å². The first kappa shape index (κ1) is 16.1. The van der Waals surface area contributed by atoms with Crippen molar-refractivity contribution in [2.24, 2.45) is 0 Å². The van der Waals surface area contributed by atoms with Gasteiger partial charge in [0.2, 0.25) is 0 Å². The van der Waals surface area contributed by atoms with Crippen LogP contribution in [0.4, 0.5) is 10.5 Å². The number of hydrogen-bond acceptors (Lipinski definition) is 5. The van der Waals surface area contributed by atoms with E-state index < -0.39 is 5.54 Å². The van der Waals surface area contributed by atoms with E-state index >= 15 is 0 Å². The number of rotatable bonds is 5. The number of nitrogens with zero attached hydrogens (tertiary/aromatic N) is 4. The molecule has 0 aromatic carbocycles. The lowest BCUT2D eigenvalue weighted by molar-refractivity contribution is 0.238. The van der Waals surface area contributed by atoms with Gasteiger partial charge in [0.15, 0.2) is 5.82 Å². The third-order valence-electron chi connectivity index (χ3n) is 3.75. The molecule has 0 aliphatic heterocycles. The average Bonchev–Trinajstić information content (AvgIpc) is 3.29. The number of nitrogens with one attached hydrogen (secondary N) is 2. The molecule has 0 saturated heterocycles. The smallest absolute Gasteiger partial charge is 0.320 e. The molecule has 8 heteroatoms. The second-order valence-corrected chi connectivity index (χ2v) is 6.35. The fraction of sp³-hybridized carbons (Fsp3) is 0.250. The molecule has 0 saturated carbocycles. The van der Waals surface area contributed by atoms with E-state index in [2.05, 4.69) is 25.7 Å². The second-order valence-electron chi connectivity index (χ2n) is 5.46. The first-order valence-electron chi connectivity index (χ1n) is 7.56. The first-order chi connectivity index (χ1) is 11.6. The molecule has 1 atom stereocenters. The Morgan fingerprint density at radius 1 is 1.33 bits per heavy atom. The van der Waals surface area contributed by atoms with Crippen LogP contribution in [0, 0.1) is 0 Å². The van der Waals surface area contributed by atoms with Crippen molar-refractivity contribution in [3.63, 3.8) is 0 Å². The van der Waals surface area contributed by atoms with Crippen molar-refractivity contribution in [1.82, 2.24) is 25.1 Å². The summed E-state index contributed by atoms with van der Waals surface area (Å²) in [7, 11) is 0. The molecular formula is C16H18N6OS. The van der Waals surface area contributed by atoms with Gasteiger partial charge in [-0.05, 0) is 31.5 Å². The molecule has 3 rings (SSSR count). The van der Waals surface area contributed by atoms with E-state index in [1.165, 1.54) is 11.3 Å². The number of anilines is 1. The third-order valence-corrected chi connectivity index (χ3v) is 4.78. The van der Waals surface area contributed by atoms with E-state index in [0.717, 1.165) is 11.4 Å². The zero-order chi connectivity index (χ0) is 17.0. The molecule has 3 heterocycles. The van der Waals surface area contributed by atoms with E-state index in [4.69, 9.17) is 0 Å². The van der Waals surface area contributed by atoms with Crippen molar-refractivity contribution in [2.75, 3.05) is 5.32 Å². The maximum atomic E-state index is 12.3. The van der Waals surface area contributed by atoms with Crippen molar-refractivity contribution >= 4 is 23.1 Å². The van der Waals surface area contributed by atoms with Gasteiger partial charge in [-0.1, -0.05) is 6.92 Å². The zero-order valence-corrected chi connectivity index (χ0v) is 14.2. The van der Waals surface area contributed by atoms with E-state index in [0.29, 0.717) is 11.5 Å². The van der Waals surface area contributed by atoms with E-state index in [9.17, 15) is 4.79 Å². The van der Waals surface area contributed by atoms with Gasteiger partial charge in [0.25, 0.3) is 0 Å². The molecule has 0 fully saturated rings. The maximum absolute atomic E-state index is 12.3. The molecule has 24 heavy (non-hydrogen) atoms. The summed E-state index contributed by atoms with van der Waals surface area (Å²) in [5, 5.41) is 12.7. The minimum Gasteiger partial charge on any atom is -0.326 e. The Bertz CT molecular complexity index is 785. The summed E-state index contributed by atoms with van der Waals surface area (Å²) in [6.45, 7) is 3.98. The molecule has 0 radical (unpaired) electrons. The van der Waals surface area contributed by atoms with Gasteiger partial charge in [0, 0.05) is 24.0 Å². The Hall–Kier alpha value is -2.74. The number of pyridine rings is 1. The Morgan fingerprint density at radius 3 is 2.79 bits per heavy atom. The molecule has 124 valence electrons. The molecule has 7 nitrogen and oxygen atoms in total. The van der Waals surface area contributed by atoms with Gasteiger partial charge in [-0.2, -0.15) is 5.10 Å². The van der Waals surface area contributed by atoms with Gasteiger partial charge in [-0.3, -0.25) is 0 Å². The molecule has 2 N–H and O–H groups in total. The molecule has 0 aliphatic carbocycles. The van der Waals surface area contributed by atoms with Gasteiger partial charge in [-0.15, -0.1) is 11.3 Å². The molecule has 0 aliphatic rings. The Morgan fingerprint density at radius 2 is 2.21 bits per heavy atom. The summed E-state index contributed by atoms with van der Waals surface area (Å²) in [6, 6.07) is 5.12. The summed E-state index contributed by atoms with van der Waals surface area (Å²) in [6.07, 6.45) is 7.58. The second kappa shape index (κ2) is 6.79. The fourth-order valence-corrected chi connectivity index (χ4v) is 3.03. The van der Waals surface area contributed by atoms with E-state index in [1.807, 2.05) is 31.5 Å². The van der Waals surface area contributed by atoms with Crippen molar-refractivity contribution < 1.29 is 4.79 Å². The summed E-state index contributed by atoms with van der Waals surface area (Å²) in [4.78, 5) is 20.9. The number of aromatic nitrogens is 4. The third kappa shape index (κ3) is 3.43. The van der Waals surface area contributed by atoms with Crippen LogP contribution < -0.4 is 10.6 Å². The highest BCUT2D eigenvalue weighted by Gasteiger charge is 2.29. The lowest BCUT2D eigenvalue weighted by Crippen LogP contribution is -2.45. The molecule has 3 aromatic rings. The number of carbonyl (C=O) groups is 1. The summed E-state index contributed by atoms with van der Waals surface area (Å²) < 4.78 is 1.65. The van der Waals surface area contributed by atoms with Crippen LogP contribution in [0.15, 0.2) is 48.4 Å². The van der Waals surface area contributed by atoms with Crippen LogP contribution in [0.3, 0.4) is 0 Å². The van der Waals surface area contributed by atoms with Crippen molar-refractivity contribution in [1.29, 1.82) is 0 Å².